The molecule has 0 heterocycles. The number of aromatic carboxylic acids is 1. The van der Waals surface area contributed by atoms with Crippen molar-refractivity contribution in [2.45, 2.75) is 0 Å². The quantitative estimate of drug-likeness (QED) is 0.823. The van der Waals surface area contributed by atoms with Gasteiger partial charge in [0.15, 0.2) is 0 Å². The summed E-state index contributed by atoms with van der Waals surface area (Å²) in [5, 5.41) is 8.78. The first-order valence-corrected chi connectivity index (χ1v) is 9.15. The number of carboxylic acid groups (broad SMARTS) is 1. The van der Waals surface area contributed by atoms with E-state index < -0.39 is 28.9 Å². The van der Waals surface area contributed by atoms with Gasteiger partial charge >= 0.3 is 106 Å². The minimum Gasteiger partial charge on any atom is 0 e. The summed E-state index contributed by atoms with van der Waals surface area (Å²) < 4.78 is 2.77. The Morgan fingerprint density at radius 2 is 1.41 bits per heavy atom. The topological polar surface area (TPSA) is 37.3 Å². The first-order chi connectivity index (χ1) is 7.75. The molecule has 2 aromatic carbocycles. The van der Waals surface area contributed by atoms with E-state index in [0.29, 0.717) is 5.56 Å². The molecule has 2 aromatic rings. The van der Waals surface area contributed by atoms with Crippen molar-refractivity contribution in [3.8, 4) is 0 Å². The minimum absolute atomic E-state index is 0. The fraction of sp³-hybridized carbons (Fsp3) is 0. The van der Waals surface area contributed by atoms with Crippen molar-refractivity contribution >= 4 is 35.5 Å². The molecule has 0 saturated carbocycles. The van der Waals surface area contributed by atoms with Crippen LogP contribution in [-0.4, -0.2) is 34.0 Å². The third kappa shape index (κ3) is 4.57. The molecule has 0 amide bonds. The maximum atomic E-state index is 10.7. The third-order valence-corrected chi connectivity index (χ3v) is 7.47. The van der Waals surface area contributed by atoms with Crippen LogP contribution in [0.3, 0.4) is 0 Å². The van der Waals surface area contributed by atoms with E-state index in [4.69, 9.17) is 5.11 Å². The summed E-state index contributed by atoms with van der Waals surface area (Å²) in [6, 6.07) is 17.7. The van der Waals surface area contributed by atoms with Crippen molar-refractivity contribution in [1.82, 2.24) is 0 Å². The van der Waals surface area contributed by atoms with Crippen molar-refractivity contribution in [3.63, 3.8) is 0 Å². The van der Waals surface area contributed by atoms with Crippen LogP contribution in [0.1, 0.15) is 10.4 Å². The fourth-order valence-corrected chi connectivity index (χ4v) is 5.74. The van der Waals surface area contributed by atoms with Gasteiger partial charge in [0.05, 0.1) is 0 Å². The molecule has 1 N–H and O–H groups in total. The first-order valence-electron chi connectivity index (χ1n) is 5.12. The molecule has 0 bridgehead atoms. The van der Waals surface area contributed by atoms with Gasteiger partial charge < -0.3 is 0 Å². The van der Waals surface area contributed by atoms with Gasteiger partial charge in [-0.2, -0.15) is 0 Å². The second-order valence-corrected chi connectivity index (χ2v) is 9.33. The van der Waals surface area contributed by atoms with Gasteiger partial charge in [-0.3, -0.25) is 0 Å². The van der Waals surface area contributed by atoms with E-state index in [2.05, 4.69) is 24.3 Å². The summed E-state index contributed by atoms with van der Waals surface area (Å²) in [5.41, 5.74) is 0.364. The summed E-state index contributed by atoms with van der Waals surface area (Å²) in [6.07, 6.45) is 0. The molecule has 2 rings (SSSR count). The maximum absolute atomic E-state index is 10.7. The van der Waals surface area contributed by atoms with E-state index in [-0.39, 0.29) is 32.7 Å². The third-order valence-electron chi connectivity index (χ3n) is 2.45. The molecular formula is C13H11InO2Y. The molecule has 0 saturated heterocycles. The molecule has 0 aliphatic heterocycles. The number of hydrogen-bond acceptors (Lipinski definition) is 1. The van der Waals surface area contributed by atoms with E-state index in [1.165, 1.54) is 6.64 Å². The number of carboxylic acids is 1. The Kier molecular flexibility index (Phi) is 6.46. The van der Waals surface area contributed by atoms with Crippen molar-refractivity contribution in [3.05, 3.63) is 60.2 Å². The predicted molar refractivity (Wildman–Crippen MR) is 66.3 cm³/mol. The van der Waals surface area contributed by atoms with Crippen LogP contribution in [0.5, 0.6) is 0 Å². The minimum atomic E-state index is -1.13. The zero-order chi connectivity index (χ0) is 11.4. The summed E-state index contributed by atoms with van der Waals surface area (Å²) in [5.74, 6) is -0.860. The van der Waals surface area contributed by atoms with Crippen molar-refractivity contribution in [1.29, 1.82) is 0 Å². The summed E-state index contributed by atoms with van der Waals surface area (Å²) in [6.45, 7) is 0. The van der Waals surface area contributed by atoms with Crippen LogP contribution >= 0.6 is 0 Å². The molecule has 2 nitrogen and oxygen atoms in total. The largest absolute Gasteiger partial charge is 0 e. The van der Waals surface area contributed by atoms with E-state index in [1.807, 2.05) is 18.2 Å². The van der Waals surface area contributed by atoms with E-state index in [1.54, 1.807) is 12.1 Å². The Bertz CT molecular complexity index is 483. The number of carbonyl (C=O) groups is 1. The molecule has 81 valence electrons. The molecule has 0 aliphatic rings. The second-order valence-electron chi connectivity index (χ2n) is 3.66. The normalized spacial score (nSPS) is 9.18. The Morgan fingerprint density at radius 3 is 1.94 bits per heavy atom. The zero-order valence-electron chi connectivity index (χ0n) is 9.34. The predicted octanol–water partition coefficient (Wildman–Crippen LogP) is 0.770. The van der Waals surface area contributed by atoms with Gasteiger partial charge in [-0.1, -0.05) is 0 Å². The van der Waals surface area contributed by atoms with Gasteiger partial charge in [0.2, 0.25) is 0 Å². The molecule has 0 unspecified atom stereocenters. The van der Waals surface area contributed by atoms with Gasteiger partial charge in [0.1, 0.15) is 0 Å². The molecule has 0 aliphatic carbocycles. The second kappa shape index (κ2) is 7.35. The zero-order valence-corrected chi connectivity index (χ0v) is 16.2. The Balaban J connectivity index is 0.00000144. The van der Waals surface area contributed by atoms with Crippen molar-refractivity contribution in [2.24, 2.45) is 0 Å². The van der Waals surface area contributed by atoms with E-state index in [9.17, 15) is 4.79 Å². The van der Waals surface area contributed by atoms with Crippen molar-refractivity contribution < 1.29 is 42.6 Å². The average Bonchev–Trinajstić information content (AvgIpc) is 2.31. The van der Waals surface area contributed by atoms with Crippen LogP contribution in [0.4, 0.5) is 0 Å². The summed E-state index contributed by atoms with van der Waals surface area (Å²) in [7, 11) is 0. The number of rotatable bonds is 3. The number of benzene rings is 2. The van der Waals surface area contributed by atoms with E-state index in [0.717, 1.165) is 0 Å². The molecule has 4 heteroatoms. The Labute approximate surface area is 137 Å². The van der Waals surface area contributed by atoms with Crippen LogP contribution in [0, 0.1) is 0 Å². The smallest absolute Gasteiger partial charge is 0 e. The Hall–Kier alpha value is -0.116. The summed E-state index contributed by atoms with van der Waals surface area (Å²) >= 11 is -1.13. The maximum Gasteiger partial charge on any atom is 0 e. The van der Waals surface area contributed by atoms with Crippen LogP contribution in [-0.2, 0) is 32.7 Å². The van der Waals surface area contributed by atoms with Gasteiger partial charge in [-0.25, -0.2) is 0 Å². The van der Waals surface area contributed by atoms with Crippen LogP contribution in [0.15, 0.2) is 54.6 Å². The van der Waals surface area contributed by atoms with Gasteiger partial charge in [-0.05, 0) is 0 Å². The molecule has 0 aromatic heterocycles. The molecular weight excluding hydrogens is 392 g/mol. The summed E-state index contributed by atoms with van der Waals surface area (Å²) in [4.78, 5) is 10.7. The number of hydrogen-bond donors (Lipinski definition) is 1. The first kappa shape index (κ1) is 14.9. The molecule has 0 atom stereocenters. The van der Waals surface area contributed by atoms with Gasteiger partial charge in [0.25, 0.3) is 0 Å². The Morgan fingerprint density at radius 1 is 0.882 bits per heavy atom. The monoisotopic (exact) mass is 403 g/mol. The van der Waals surface area contributed by atoms with Gasteiger partial charge in [0, 0.05) is 32.7 Å². The van der Waals surface area contributed by atoms with Crippen LogP contribution in [0.2, 0.25) is 0 Å². The van der Waals surface area contributed by atoms with Crippen LogP contribution < -0.4 is 6.64 Å². The van der Waals surface area contributed by atoms with Crippen LogP contribution in [0.25, 0.3) is 0 Å². The van der Waals surface area contributed by atoms with Gasteiger partial charge in [-0.15, -0.1) is 0 Å². The fourth-order valence-electron chi connectivity index (χ4n) is 1.60. The van der Waals surface area contributed by atoms with Crippen molar-refractivity contribution in [2.75, 3.05) is 0 Å². The molecule has 0 fully saturated rings. The molecule has 0 spiro atoms. The van der Waals surface area contributed by atoms with E-state index >= 15 is 0 Å². The average molecular weight is 403 g/mol. The SMILES string of the molecule is O=C(O)c1cc[c]([InH][c]2ccccc2)cc1.[Y]. The standard InChI is InChI=1S/C7H5O2.C6H5.In.Y.H/c8-7(9)6-4-2-1-3-5-6;1-2-4-6-5-3-1;;;/h2-5H,(H,8,9);1-5H;;;. The molecule has 1 radical (unpaired) electrons. The molecule has 17 heavy (non-hydrogen) atoms.